The third kappa shape index (κ3) is 5.75. The van der Waals surface area contributed by atoms with Gasteiger partial charge in [0.15, 0.2) is 5.71 Å². The van der Waals surface area contributed by atoms with Gasteiger partial charge < -0.3 is 21.4 Å². The highest BCUT2D eigenvalue weighted by Gasteiger charge is 2.54. The molecule has 2 aromatic rings. The molecule has 4 rings (SSSR count). The number of anilines is 1. The number of aliphatic carboxylic acids is 1. The summed E-state index contributed by atoms with van der Waals surface area (Å²) in [5.41, 5.74) is 5.71. The fourth-order valence-corrected chi connectivity index (χ4v) is 6.47. The molecule has 1 unspecified atom stereocenters. The Morgan fingerprint density at radius 1 is 1.32 bits per heavy atom. The molecule has 0 aromatic carbocycles. The second-order valence-electron chi connectivity index (χ2n) is 8.55. The summed E-state index contributed by atoms with van der Waals surface area (Å²) in [5, 5.41) is 36.6. The van der Waals surface area contributed by atoms with Crippen LogP contribution in [0.25, 0.3) is 0 Å². The largest absolute Gasteiger partial charge is 0.477 e. The number of unbranched alkanes of at least 4 members (excludes halogenated alkanes) is 3. The van der Waals surface area contributed by atoms with Crippen molar-refractivity contribution in [3.63, 3.8) is 0 Å². The van der Waals surface area contributed by atoms with E-state index in [9.17, 15) is 24.7 Å². The van der Waals surface area contributed by atoms with Crippen LogP contribution in [0.15, 0.2) is 39.8 Å². The van der Waals surface area contributed by atoms with Crippen molar-refractivity contribution in [3.8, 4) is 0 Å². The Hall–Kier alpha value is -3.66. The lowest BCUT2D eigenvalue weighted by atomic mass is 10.0. The standard InChI is InChI=1S/C22H27N9O5S2/c1-2-3-4-5-9-30-22(26-28-29-30)38-11-12-10-37-20-16(19(33)31(20)17(12)21(34)35)25-18(32)15(27-36)13-7-6-8-14(23)24-13/h6-8,16,20,36H,2-5,9-11H2,1H3,(H2,23,24)(H,25,32)(H,34,35)/b27-15-/t16?,20-/m1/s1. The van der Waals surface area contributed by atoms with E-state index in [1.165, 1.54) is 46.6 Å². The number of nitrogens with one attached hydrogen (secondary N) is 1. The zero-order valence-corrected chi connectivity index (χ0v) is 22.1. The van der Waals surface area contributed by atoms with E-state index in [0.717, 1.165) is 25.7 Å². The molecule has 1 fully saturated rings. The third-order valence-corrected chi connectivity index (χ3v) is 8.35. The highest BCUT2D eigenvalue weighted by Crippen LogP contribution is 2.41. The Morgan fingerprint density at radius 3 is 2.84 bits per heavy atom. The first kappa shape index (κ1) is 27.4. The number of nitrogens with zero attached hydrogens (tertiary/aromatic N) is 7. The van der Waals surface area contributed by atoms with Crippen molar-refractivity contribution in [2.24, 2.45) is 5.16 Å². The summed E-state index contributed by atoms with van der Waals surface area (Å²) in [4.78, 5) is 43.0. The van der Waals surface area contributed by atoms with Crippen LogP contribution in [0.3, 0.4) is 0 Å². The number of tetrazole rings is 1. The molecule has 5 N–H and O–H groups in total. The van der Waals surface area contributed by atoms with Crippen LogP contribution < -0.4 is 11.1 Å². The van der Waals surface area contributed by atoms with Gasteiger partial charge in [0.1, 0.15) is 28.6 Å². The Balaban J connectivity index is 1.42. The number of amides is 2. The molecule has 2 amide bonds. The summed E-state index contributed by atoms with van der Waals surface area (Å²) in [7, 11) is 0. The molecular formula is C22H27N9O5S2. The average molecular weight is 562 g/mol. The van der Waals surface area contributed by atoms with E-state index < -0.39 is 34.9 Å². The molecule has 202 valence electrons. The van der Waals surface area contributed by atoms with E-state index in [2.05, 4.69) is 37.9 Å². The van der Waals surface area contributed by atoms with Crippen molar-refractivity contribution in [2.75, 3.05) is 17.2 Å². The molecule has 1 saturated heterocycles. The molecule has 2 aromatic heterocycles. The maximum absolute atomic E-state index is 13.0. The number of pyridine rings is 1. The first-order valence-electron chi connectivity index (χ1n) is 11.9. The van der Waals surface area contributed by atoms with Gasteiger partial charge in [-0.1, -0.05) is 49.2 Å². The maximum Gasteiger partial charge on any atom is 0.352 e. The molecule has 38 heavy (non-hydrogen) atoms. The van der Waals surface area contributed by atoms with Crippen molar-refractivity contribution in [3.05, 3.63) is 35.2 Å². The highest BCUT2D eigenvalue weighted by molar-refractivity contribution is 8.01. The highest BCUT2D eigenvalue weighted by atomic mass is 32.2. The van der Waals surface area contributed by atoms with E-state index in [-0.39, 0.29) is 17.2 Å². The number of carboxylic acid groups (broad SMARTS) is 1. The van der Waals surface area contributed by atoms with Gasteiger partial charge in [-0.25, -0.2) is 14.5 Å². The Bertz CT molecular complexity index is 1280. The number of aryl methyl sites for hydroxylation is 1. The number of carbonyl (C=O) groups excluding carboxylic acids is 2. The van der Waals surface area contributed by atoms with Gasteiger partial charge in [0, 0.05) is 18.1 Å². The molecule has 0 saturated carbocycles. The minimum absolute atomic E-state index is 0.0306. The Morgan fingerprint density at radius 2 is 2.13 bits per heavy atom. The predicted octanol–water partition coefficient (Wildman–Crippen LogP) is 0.940. The number of hydrogen-bond donors (Lipinski definition) is 4. The number of carboxylic acids is 1. The summed E-state index contributed by atoms with van der Waals surface area (Å²) in [6.07, 6.45) is 4.27. The van der Waals surface area contributed by atoms with Gasteiger partial charge in [-0.05, 0) is 34.6 Å². The molecule has 2 aliphatic rings. The number of fused-ring (bicyclic) bond motifs is 1. The molecule has 0 bridgehead atoms. The molecule has 16 heteroatoms. The predicted molar refractivity (Wildman–Crippen MR) is 139 cm³/mol. The van der Waals surface area contributed by atoms with Gasteiger partial charge in [-0.15, -0.1) is 16.9 Å². The van der Waals surface area contributed by atoms with Crippen LogP contribution >= 0.6 is 23.5 Å². The van der Waals surface area contributed by atoms with Crippen molar-refractivity contribution < 1.29 is 24.7 Å². The quantitative estimate of drug-likeness (QED) is 0.0714. The lowest BCUT2D eigenvalue weighted by Gasteiger charge is -2.49. The van der Waals surface area contributed by atoms with Crippen LogP contribution in [-0.4, -0.2) is 86.8 Å². The van der Waals surface area contributed by atoms with Gasteiger partial charge >= 0.3 is 5.97 Å². The van der Waals surface area contributed by atoms with Gasteiger partial charge in [0.2, 0.25) is 5.16 Å². The lowest BCUT2D eigenvalue weighted by molar-refractivity contribution is -0.150. The maximum atomic E-state index is 13.0. The van der Waals surface area contributed by atoms with Crippen molar-refractivity contribution in [1.29, 1.82) is 0 Å². The zero-order valence-electron chi connectivity index (χ0n) is 20.5. The normalized spacial score (nSPS) is 19.2. The number of nitrogens with two attached hydrogens (primary N) is 1. The summed E-state index contributed by atoms with van der Waals surface area (Å²) in [5.74, 6) is -1.89. The second-order valence-corrected chi connectivity index (χ2v) is 10.6. The SMILES string of the molecule is CCCCCCn1nnnc1SCC1=C(C(=O)O)N2C(=O)C(NC(=O)/C(=N\O)c3cccc(N)n3)[C@H]2SC1. The van der Waals surface area contributed by atoms with E-state index in [0.29, 0.717) is 28.8 Å². The summed E-state index contributed by atoms with van der Waals surface area (Å²) in [6.45, 7) is 2.81. The van der Waals surface area contributed by atoms with Gasteiger partial charge in [-0.3, -0.25) is 14.5 Å². The molecule has 4 heterocycles. The van der Waals surface area contributed by atoms with Crippen LogP contribution in [0.1, 0.15) is 38.3 Å². The van der Waals surface area contributed by atoms with Crippen LogP contribution in [0, 0.1) is 0 Å². The van der Waals surface area contributed by atoms with Crippen molar-refractivity contribution in [1.82, 2.24) is 35.4 Å². The molecule has 2 atom stereocenters. The van der Waals surface area contributed by atoms with Crippen LogP contribution in [0.5, 0.6) is 0 Å². The van der Waals surface area contributed by atoms with Crippen molar-refractivity contribution >= 4 is 52.8 Å². The number of nitrogen functional groups attached to an aromatic ring is 1. The fraction of sp³-hybridized carbons (Fsp3) is 0.455. The zero-order chi connectivity index (χ0) is 27.2. The lowest BCUT2D eigenvalue weighted by Crippen LogP contribution is -2.71. The number of hydrogen-bond acceptors (Lipinski definition) is 12. The molecule has 0 radical (unpaired) electrons. The number of carbonyl (C=O) groups is 3. The number of thioether (sulfide) groups is 2. The molecule has 0 spiro atoms. The van der Waals surface area contributed by atoms with E-state index in [4.69, 9.17) is 5.73 Å². The van der Waals surface area contributed by atoms with Crippen LogP contribution in [-0.2, 0) is 20.9 Å². The molecule has 0 aliphatic carbocycles. The van der Waals surface area contributed by atoms with Gasteiger partial charge in [0.25, 0.3) is 11.8 Å². The third-order valence-electron chi connectivity index (χ3n) is 5.96. The van der Waals surface area contributed by atoms with Gasteiger partial charge in [-0.2, -0.15) is 0 Å². The summed E-state index contributed by atoms with van der Waals surface area (Å²) in [6, 6.07) is 3.49. The Kier molecular flexibility index (Phi) is 8.83. The topological polar surface area (TPSA) is 202 Å². The number of β-lactam (4-membered cyclic amide) rings is 1. The first-order chi connectivity index (χ1) is 18.3. The van der Waals surface area contributed by atoms with Crippen LogP contribution in [0.4, 0.5) is 5.82 Å². The van der Waals surface area contributed by atoms with Crippen molar-refractivity contribution in [2.45, 2.75) is 55.7 Å². The van der Waals surface area contributed by atoms with E-state index in [1.54, 1.807) is 4.68 Å². The van der Waals surface area contributed by atoms with E-state index in [1.807, 2.05) is 0 Å². The van der Waals surface area contributed by atoms with Gasteiger partial charge in [0.05, 0.1) is 0 Å². The Labute approximate surface area is 226 Å². The summed E-state index contributed by atoms with van der Waals surface area (Å²) < 4.78 is 1.70. The minimum Gasteiger partial charge on any atom is -0.477 e. The number of oxime groups is 1. The first-order valence-corrected chi connectivity index (χ1v) is 13.9. The monoisotopic (exact) mass is 561 g/mol. The molecular weight excluding hydrogens is 534 g/mol. The molecule has 2 aliphatic heterocycles. The molecule has 14 nitrogen and oxygen atoms in total. The smallest absolute Gasteiger partial charge is 0.352 e. The van der Waals surface area contributed by atoms with E-state index >= 15 is 0 Å². The number of rotatable bonds is 12. The number of aromatic nitrogens is 5. The van der Waals surface area contributed by atoms with Crippen LogP contribution in [0.2, 0.25) is 0 Å². The second kappa shape index (κ2) is 12.3. The fourth-order valence-electron chi connectivity index (χ4n) is 4.08. The average Bonchev–Trinajstić information content (AvgIpc) is 3.35. The summed E-state index contributed by atoms with van der Waals surface area (Å²) >= 11 is 2.65. The minimum atomic E-state index is -1.23.